The lowest BCUT2D eigenvalue weighted by Gasteiger charge is -2.16. The average molecular weight is 286 g/mol. The zero-order valence-electron chi connectivity index (χ0n) is 12.1. The minimum atomic E-state index is -0.412. The van der Waals surface area contributed by atoms with Crippen LogP contribution in [-0.2, 0) is 0 Å². The van der Waals surface area contributed by atoms with Crippen molar-refractivity contribution in [3.63, 3.8) is 0 Å². The Bertz CT molecular complexity index is 614. The van der Waals surface area contributed by atoms with E-state index in [-0.39, 0.29) is 17.5 Å². The normalized spacial score (nSPS) is 11.7. The molecule has 0 fully saturated rings. The van der Waals surface area contributed by atoms with E-state index in [9.17, 15) is 10.1 Å². The number of ether oxygens (including phenoxy) is 1. The van der Waals surface area contributed by atoms with E-state index in [1.54, 1.807) is 25.1 Å². The van der Waals surface area contributed by atoms with Crippen LogP contribution < -0.4 is 10.1 Å². The molecule has 0 aliphatic carbocycles. The van der Waals surface area contributed by atoms with E-state index in [1.807, 2.05) is 37.3 Å². The summed E-state index contributed by atoms with van der Waals surface area (Å²) in [5.41, 5.74) is 1.50. The third kappa shape index (κ3) is 3.51. The summed E-state index contributed by atoms with van der Waals surface area (Å²) in [7, 11) is 0. The van der Waals surface area contributed by atoms with Gasteiger partial charge in [-0.15, -0.1) is 0 Å². The molecule has 1 unspecified atom stereocenters. The maximum Gasteiger partial charge on any atom is 0.333 e. The molecule has 2 aromatic rings. The smallest absolute Gasteiger partial charge is 0.333 e. The van der Waals surface area contributed by atoms with Crippen molar-refractivity contribution in [3.8, 4) is 5.75 Å². The zero-order valence-corrected chi connectivity index (χ0v) is 12.1. The molecule has 0 radical (unpaired) electrons. The molecule has 0 aliphatic heterocycles. The number of rotatable bonds is 6. The first-order chi connectivity index (χ1) is 10.1. The molecule has 0 aromatic heterocycles. The fourth-order valence-corrected chi connectivity index (χ4v) is 2.16. The van der Waals surface area contributed by atoms with E-state index in [1.165, 1.54) is 0 Å². The molecule has 21 heavy (non-hydrogen) atoms. The summed E-state index contributed by atoms with van der Waals surface area (Å²) in [4.78, 5) is 10.9. The minimum Gasteiger partial charge on any atom is -0.487 e. The third-order valence-corrected chi connectivity index (χ3v) is 3.15. The molecule has 0 saturated heterocycles. The van der Waals surface area contributed by atoms with Gasteiger partial charge >= 0.3 is 5.69 Å². The Hall–Kier alpha value is -2.56. The molecule has 0 bridgehead atoms. The molecular weight excluding hydrogens is 268 g/mol. The van der Waals surface area contributed by atoms with E-state index in [0.717, 1.165) is 5.56 Å². The second-order valence-electron chi connectivity index (χ2n) is 4.62. The average Bonchev–Trinajstić information content (AvgIpc) is 2.48. The van der Waals surface area contributed by atoms with E-state index in [0.29, 0.717) is 12.3 Å². The van der Waals surface area contributed by atoms with Gasteiger partial charge in [0.05, 0.1) is 11.5 Å². The summed E-state index contributed by atoms with van der Waals surface area (Å²) < 4.78 is 5.34. The SMILES string of the molecule is CCOc1cccc(NC(C)c2ccccc2)c1[N+](=O)[O-]. The van der Waals surface area contributed by atoms with Gasteiger partial charge in [0, 0.05) is 6.04 Å². The number of hydrogen-bond donors (Lipinski definition) is 1. The largest absolute Gasteiger partial charge is 0.487 e. The Morgan fingerprint density at radius 3 is 2.52 bits per heavy atom. The van der Waals surface area contributed by atoms with Crippen LogP contribution >= 0.6 is 0 Å². The van der Waals surface area contributed by atoms with Gasteiger partial charge in [0.25, 0.3) is 0 Å². The van der Waals surface area contributed by atoms with Crippen LogP contribution in [0.5, 0.6) is 5.75 Å². The Kier molecular flexibility index (Phi) is 4.77. The van der Waals surface area contributed by atoms with Gasteiger partial charge in [0.15, 0.2) is 5.75 Å². The highest BCUT2D eigenvalue weighted by Gasteiger charge is 2.22. The van der Waals surface area contributed by atoms with Crippen LogP contribution in [0.4, 0.5) is 11.4 Å². The van der Waals surface area contributed by atoms with Gasteiger partial charge in [-0.2, -0.15) is 0 Å². The summed E-state index contributed by atoms with van der Waals surface area (Å²) in [6, 6.07) is 14.8. The van der Waals surface area contributed by atoms with Crippen molar-refractivity contribution in [2.24, 2.45) is 0 Å². The number of anilines is 1. The predicted octanol–water partition coefficient (Wildman–Crippen LogP) is 4.17. The fourth-order valence-electron chi connectivity index (χ4n) is 2.16. The van der Waals surface area contributed by atoms with E-state index in [2.05, 4.69) is 5.32 Å². The molecular formula is C16H18N2O3. The highest BCUT2D eigenvalue weighted by molar-refractivity contribution is 5.69. The lowest BCUT2D eigenvalue weighted by molar-refractivity contribution is -0.385. The maximum absolute atomic E-state index is 11.3. The molecule has 0 heterocycles. The Morgan fingerprint density at radius 1 is 1.19 bits per heavy atom. The van der Waals surface area contributed by atoms with E-state index >= 15 is 0 Å². The molecule has 1 atom stereocenters. The number of hydrogen-bond acceptors (Lipinski definition) is 4. The molecule has 1 N–H and O–H groups in total. The number of nitrogens with one attached hydrogen (secondary N) is 1. The van der Waals surface area contributed by atoms with Gasteiger partial charge in [-0.25, -0.2) is 0 Å². The molecule has 110 valence electrons. The van der Waals surface area contributed by atoms with Crippen LogP contribution in [0.1, 0.15) is 25.5 Å². The van der Waals surface area contributed by atoms with E-state index in [4.69, 9.17) is 4.74 Å². The third-order valence-electron chi connectivity index (χ3n) is 3.15. The molecule has 5 heteroatoms. The highest BCUT2D eigenvalue weighted by Crippen LogP contribution is 2.36. The lowest BCUT2D eigenvalue weighted by atomic mass is 10.1. The van der Waals surface area contributed by atoms with Gasteiger partial charge < -0.3 is 10.1 Å². The highest BCUT2D eigenvalue weighted by atomic mass is 16.6. The van der Waals surface area contributed by atoms with Gasteiger partial charge in [0.1, 0.15) is 5.69 Å². The first-order valence-electron chi connectivity index (χ1n) is 6.85. The maximum atomic E-state index is 11.3. The quantitative estimate of drug-likeness (QED) is 0.639. The standard InChI is InChI=1S/C16H18N2O3/c1-3-21-15-11-7-10-14(16(15)18(19)20)17-12(2)13-8-5-4-6-9-13/h4-12,17H,3H2,1-2H3. The molecule has 0 spiro atoms. The zero-order chi connectivity index (χ0) is 15.2. The van der Waals surface area contributed by atoms with Gasteiger partial charge in [-0.1, -0.05) is 36.4 Å². The number of nitro groups is 1. The van der Waals surface area contributed by atoms with Crippen molar-refractivity contribution in [1.29, 1.82) is 0 Å². The van der Waals surface area contributed by atoms with Crippen LogP contribution in [-0.4, -0.2) is 11.5 Å². The van der Waals surface area contributed by atoms with E-state index < -0.39 is 4.92 Å². The molecule has 0 aliphatic rings. The Labute approximate surface area is 123 Å². The molecule has 0 amide bonds. The van der Waals surface area contributed by atoms with Crippen molar-refractivity contribution in [2.45, 2.75) is 19.9 Å². The van der Waals surface area contributed by atoms with Gasteiger partial charge in [-0.05, 0) is 31.5 Å². The van der Waals surface area contributed by atoms with Crippen LogP contribution in [0.2, 0.25) is 0 Å². The van der Waals surface area contributed by atoms with Crippen molar-refractivity contribution in [1.82, 2.24) is 0 Å². The second-order valence-corrected chi connectivity index (χ2v) is 4.62. The Balaban J connectivity index is 2.31. The summed E-state index contributed by atoms with van der Waals surface area (Å²) in [6.45, 7) is 4.15. The van der Waals surface area contributed by atoms with Crippen LogP contribution in [0, 0.1) is 10.1 Å². The summed E-state index contributed by atoms with van der Waals surface area (Å²) >= 11 is 0. The van der Waals surface area contributed by atoms with Gasteiger partial charge in [-0.3, -0.25) is 10.1 Å². The van der Waals surface area contributed by atoms with Crippen LogP contribution in [0.3, 0.4) is 0 Å². The molecule has 5 nitrogen and oxygen atoms in total. The minimum absolute atomic E-state index is 0.0258. The number of nitro benzene ring substituents is 1. The lowest BCUT2D eigenvalue weighted by Crippen LogP contribution is -2.09. The fraction of sp³-hybridized carbons (Fsp3) is 0.250. The molecule has 0 saturated carbocycles. The molecule has 2 rings (SSSR count). The summed E-state index contributed by atoms with van der Waals surface area (Å²) in [6.07, 6.45) is 0. The summed E-state index contributed by atoms with van der Waals surface area (Å²) in [5, 5.41) is 14.5. The molecule has 2 aromatic carbocycles. The monoisotopic (exact) mass is 286 g/mol. The summed E-state index contributed by atoms with van der Waals surface area (Å²) in [5.74, 6) is 0.285. The first-order valence-corrected chi connectivity index (χ1v) is 6.85. The van der Waals surface area contributed by atoms with Crippen molar-refractivity contribution in [3.05, 3.63) is 64.2 Å². The van der Waals surface area contributed by atoms with Crippen molar-refractivity contribution >= 4 is 11.4 Å². The topological polar surface area (TPSA) is 64.4 Å². The first kappa shape index (κ1) is 14.8. The van der Waals surface area contributed by atoms with Crippen LogP contribution in [0.25, 0.3) is 0 Å². The number of para-hydroxylation sites is 1. The Morgan fingerprint density at radius 2 is 1.90 bits per heavy atom. The predicted molar refractivity (Wildman–Crippen MR) is 82.7 cm³/mol. The van der Waals surface area contributed by atoms with Gasteiger partial charge in [0.2, 0.25) is 0 Å². The number of nitrogens with zero attached hydrogens (tertiary/aromatic N) is 1. The van der Waals surface area contributed by atoms with Crippen molar-refractivity contribution < 1.29 is 9.66 Å². The number of benzene rings is 2. The second kappa shape index (κ2) is 6.74. The van der Waals surface area contributed by atoms with Crippen molar-refractivity contribution in [2.75, 3.05) is 11.9 Å². The van der Waals surface area contributed by atoms with Crippen LogP contribution in [0.15, 0.2) is 48.5 Å².